The summed E-state index contributed by atoms with van der Waals surface area (Å²) in [5.41, 5.74) is 4.09. The fourth-order valence-electron chi connectivity index (χ4n) is 3.90. The molecule has 0 saturated heterocycles. The van der Waals surface area contributed by atoms with Crippen LogP contribution in [0.5, 0.6) is 5.75 Å². The van der Waals surface area contributed by atoms with E-state index in [1.165, 1.54) is 56.1 Å². The highest BCUT2D eigenvalue weighted by Crippen LogP contribution is 2.35. The van der Waals surface area contributed by atoms with Gasteiger partial charge in [0.25, 0.3) is 0 Å². The number of aryl methyl sites for hydroxylation is 1. The Labute approximate surface area is 177 Å². The Morgan fingerprint density at radius 1 is 0.897 bits per heavy atom. The molecule has 0 aromatic heterocycles. The number of unbranched alkanes of at least 4 members (excludes halogenated alkanes) is 1. The average Bonchev–Trinajstić information content (AvgIpc) is 2.79. The second kappa shape index (κ2) is 12.7. The van der Waals surface area contributed by atoms with Crippen molar-refractivity contribution >= 4 is 0 Å². The van der Waals surface area contributed by atoms with E-state index in [2.05, 4.69) is 68.0 Å². The van der Waals surface area contributed by atoms with E-state index in [0.29, 0.717) is 18.4 Å². The molecule has 1 aliphatic carbocycles. The molecule has 1 heteroatoms. The third-order valence-corrected chi connectivity index (χ3v) is 5.58. The summed E-state index contributed by atoms with van der Waals surface area (Å²) in [6.45, 7) is 4.96. The van der Waals surface area contributed by atoms with E-state index < -0.39 is 0 Å². The molecule has 1 fully saturated rings. The number of rotatable bonds is 6. The molecule has 1 nitrogen and oxygen atoms in total. The van der Waals surface area contributed by atoms with Crippen molar-refractivity contribution in [3.63, 3.8) is 0 Å². The largest absolute Gasteiger partial charge is 0.494 e. The molecule has 0 heterocycles. The van der Waals surface area contributed by atoms with Crippen LogP contribution in [0, 0.1) is 30.6 Å². The summed E-state index contributed by atoms with van der Waals surface area (Å²) >= 11 is 0. The van der Waals surface area contributed by atoms with Crippen LogP contribution in [0.1, 0.15) is 75.0 Å². The van der Waals surface area contributed by atoms with Crippen LogP contribution >= 0.6 is 0 Å². The molecule has 3 rings (SSSR count). The van der Waals surface area contributed by atoms with E-state index in [1.807, 2.05) is 19.1 Å². The van der Waals surface area contributed by atoms with Crippen LogP contribution in [0.15, 0.2) is 48.5 Å². The second-order valence-electron chi connectivity index (χ2n) is 7.62. The van der Waals surface area contributed by atoms with Gasteiger partial charge in [-0.3, -0.25) is 0 Å². The van der Waals surface area contributed by atoms with Crippen LogP contribution in [0.2, 0.25) is 0 Å². The molecule has 29 heavy (non-hydrogen) atoms. The van der Waals surface area contributed by atoms with Crippen LogP contribution in [0.25, 0.3) is 0 Å². The van der Waals surface area contributed by atoms with Crippen LogP contribution in [-0.2, 0) is 6.42 Å². The van der Waals surface area contributed by atoms with E-state index in [4.69, 9.17) is 4.74 Å². The summed E-state index contributed by atoms with van der Waals surface area (Å²) in [6, 6.07) is 17.5. The Kier molecular flexibility index (Phi) is 9.95. The smallest absolute Gasteiger partial charge is 0.119 e. The number of hydrogen-bond acceptors (Lipinski definition) is 1. The quantitative estimate of drug-likeness (QED) is 0.486. The molecule has 2 aromatic rings. The van der Waals surface area contributed by atoms with Gasteiger partial charge >= 0.3 is 0 Å². The van der Waals surface area contributed by atoms with Crippen molar-refractivity contribution in [2.75, 3.05) is 6.61 Å². The molecule has 2 aromatic carbocycles. The maximum atomic E-state index is 5.49. The first-order valence-corrected chi connectivity index (χ1v) is 10.9. The highest BCUT2D eigenvalue weighted by molar-refractivity contribution is 5.38. The Morgan fingerprint density at radius 2 is 1.55 bits per heavy atom. The van der Waals surface area contributed by atoms with E-state index in [1.54, 1.807) is 0 Å². The minimum absolute atomic E-state index is 0.539. The Bertz CT molecular complexity index is 778. The number of ether oxygens (including phenoxy) is 1. The van der Waals surface area contributed by atoms with Gasteiger partial charge in [-0.05, 0) is 86.8 Å². The van der Waals surface area contributed by atoms with Gasteiger partial charge in [-0.1, -0.05) is 49.5 Å². The van der Waals surface area contributed by atoms with Gasteiger partial charge in [-0.15, -0.1) is 12.8 Å². The lowest BCUT2D eigenvalue weighted by Gasteiger charge is -2.26. The second-order valence-corrected chi connectivity index (χ2v) is 7.62. The standard InChI is InChI=1S/C26H32O.C2H2/c1-3-5-6-21-9-15-24(16-10-21)25-17-11-22(12-18-25)7-8-23-13-19-26(20-14-23)27-4-2;1-2/h9-10,13-16,19-20,22,25H,3-6,11-12,17-18H2,1-2H3;1-2H. The van der Waals surface area contributed by atoms with Crippen molar-refractivity contribution in [1.29, 1.82) is 0 Å². The molecular weight excluding hydrogens is 352 g/mol. The Morgan fingerprint density at radius 3 is 2.14 bits per heavy atom. The highest BCUT2D eigenvalue weighted by atomic mass is 16.5. The average molecular weight is 387 g/mol. The van der Waals surface area contributed by atoms with Gasteiger partial charge in [0.2, 0.25) is 0 Å². The Balaban J connectivity index is 0.00000145. The summed E-state index contributed by atoms with van der Waals surface area (Å²) < 4.78 is 5.49. The van der Waals surface area contributed by atoms with E-state index in [-0.39, 0.29) is 0 Å². The molecule has 1 saturated carbocycles. The van der Waals surface area contributed by atoms with Gasteiger partial charge in [-0.2, -0.15) is 0 Å². The van der Waals surface area contributed by atoms with E-state index in [9.17, 15) is 0 Å². The van der Waals surface area contributed by atoms with Crippen LogP contribution in [-0.4, -0.2) is 6.61 Å². The third-order valence-electron chi connectivity index (χ3n) is 5.58. The molecule has 0 aliphatic heterocycles. The predicted molar refractivity (Wildman–Crippen MR) is 124 cm³/mol. The van der Waals surface area contributed by atoms with Gasteiger partial charge in [0, 0.05) is 11.5 Å². The molecule has 0 bridgehead atoms. The lowest BCUT2D eigenvalue weighted by molar-refractivity contribution is 0.340. The monoisotopic (exact) mass is 386 g/mol. The van der Waals surface area contributed by atoms with Crippen molar-refractivity contribution in [2.24, 2.45) is 5.92 Å². The summed E-state index contributed by atoms with van der Waals surface area (Å²) in [5, 5.41) is 0. The molecule has 1 aliphatic rings. The maximum absolute atomic E-state index is 5.49. The topological polar surface area (TPSA) is 9.23 Å². The SMILES string of the molecule is C#C.CCCCc1ccc(C2CCC(C#Cc3ccc(OCC)cc3)CC2)cc1. The normalized spacial score (nSPS) is 17.9. The Hall–Kier alpha value is -2.64. The number of benzene rings is 2. The molecule has 0 atom stereocenters. The molecule has 0 amide bonds. The summed E-state index contributed by atoms with van der Waals surface area (Å²) in [4.78, 5) is 0. The summed E-state index contributed by atoms with van der Waals surface area (Å²) in [7, 11) is 0. The lowest BCUT2D eigenvalue weighted by atomic mass is 9.78. The fraction of sp³-hybridized carbons (Fsp3) is 0.429. The van der Waals surface area contributed by atoms with Crippen molar-refractivity contribution < 1.29 is 4.74 Å². The first kappa shape index (κ1) is 22.6. The van der Waals surface area contributed by atoms with Gasteiger partial charge in [0.1, 0.15) is 5.75 Å². The fourth-order valence-corrected chi connectivity index (χ4v) is 3.90. The molecular formula is C28H34O. The van der Waals surface area contributed by atoms with E-state index in [0.717, 1.165) is 11.3 Å². The minimum atomic E-state index is 0.539. The van der Waals surface area contributed by atoms with Crippen LogP contribution in [0.3, 0.4) is 0 Å². The van der Waals surface area contributed by atoms with Crippen molar-refractivity contribution in [3.8, 4) is 30.4 Å². The summed E-state index contributed by atoms with van der Waals surface area (Å²) in [5.74, 6) is 9.04. The zero-order valence-corrected chi connectivity index (χ0v) is 18.0. The van der Waals surface area contributed by atoms with Gasteiger partial charge in [-0.25, -0.2) is 0 Å². The number of hydrogen-bond donors (Lipinski definition) is 0. The molecule has 0 radical (unpaired) electrons. The van der Waals surface area contributed by atoms with Crippen LogP contribution in [0.4, 0.5) is 0 Å². The zero-order chi connectivity index (χ0) is 20.9. The molecule has 152 valence electrons. The predicted octanol–water partition coefficient (Wildman–Crippen LogP) is 7.00. The van der Waals surface area contributed by atoms with E-state index >= 15 is 0 Å². The van der Waals surface area contributed by atoms with Crippen molar-refractivity contribution in [2.45, 2.75) is 64.7 Å². The molecule has 0 N–H and O–H groups in total. The van der Waals surface area contributed by atoms with Gasteiger partial charge < -0.3 is 4.74 Å². The first-order valence-electron chi connectivity index (χ1n) is 10.9. The summed E-state index contributed by atoms with van der Waals surface area (Å²) in [6.07, 6.45) is 16.7. The lowest BCUT2D eigenvalue weighted by Crippen LogP contribution is -2.12. The van der Waals surface area contributed by atoms with Crippen molar-refractivity contribution in [1.82, 2.24) is 0 Å². The number of terminal acetylenes is 1. The molecule has 0 unspecified atom stereocenters. The first-order chi connectivity index (χ1) is 14.3. The molecule has 0 spiro atoms. The van der Waals surface area contributed by atoms with Crippen molar-refractivity contribution in [3.05, 3.63) is 65.2 Å². The van der Waals surface area contributed by atoms with Gasteiger partial charge in [0.05, 0.1) is 6.61 Å². The van der Waals surface area contributed by atoms with Gasteiger partial charge in [0.15, 0.2) is 0 Å². The maximum Gasteiger partial charge on any atom is 0.119 e. The zero-order valence-electron chi connectivity index (χ0n) is 18.0. The third kappa shape index (κ3) is 7.36. The van der Waals surface area contributed by atoms with Crippen LogP contribution < -0.4 is 4.74 Å². The highest BCUT2D eigenvalue weighted by Gasteiger charge is 2.21. The minimum Gasteiger partial charge on any atom is -0.494 e.